The fourth-order valence-corrected chi connectivity index (χ4v) is 4.86. The number of carbonyl (C=O) groups excluding carboxylic acids is 2. The largest absolute Gasteiger partial charge is 0.472 e. The molecule has 0 aromatic carbocycles. The number of nitrogens with one attached hydrogen (secondary N) is 1. The molecule has 0 aliphatic carbocycles. The molecule has 2 amide bonds. The number of carbonyl (C=O) groups is 2. The lowest BCUT2D eigenvalue weighted by molar-refractivity contribution is -0.133. The van der Waals surface area contributed by atoms with Crippen molar-refractivity contribution in [1.29, 1.82) is 0 Å². The van der Waals surface area contributed by atoms with Crippen molar-refractivity contribution in [3.05, 3.63) is 42.6 Å². The Morgan fingerprint density at radius 2 is 2.30 bits per heavy atom. The van der Waals surface area contributed by atoms with E-state index in [1.54, 1.807) is 12.3 Å². The molecule has 2 aromatic heterocycles. The van der Waals surface area contributed by atoms with E-state index in [9.17, 15) is 9.59 Å². The van der Waals surface area contributed by atoms with E-state index in [1.165, 1.54) is 12.5 Å². The van der Waals surface area contributed by atoms with Crippen LogP contribution in [0.25, 0.3) is 0 Å². The molecule has 2 aliphatic rings. The van der Waals surface area contributed by atoms with E-state index in [0.717, 1.165) is 38.6 Å². The first-order valence-corrected chi connectivity index (χ1v) is 9.76. The van der Waals surface area contributed by atoms with Crippen LogP contribution in [0.5, 0.6) is 0 Å². The normalized spacial score (nSPS) is 26.5. The Bertz CT molecular complexity index is 786. The van der Waals surface area contributed by atoms with Crippen LogP contribution < -0.4 is 5.32 Å². The van der Waals surface area contributed by atoms with Crippen molar-refractivity contribution in [3.63, 3.8) is 0 Å². The van der Waals surface area contributed by atoms with E-state index >= 15 is 0 Å². The maximum atomic E-state index is 13.1. The van der Waals surface area contributed by atoms with Gasteiger partial charge in [0.05, 0.1) is 17.2 Å². The van der Waals surface area contributed by atoms with Crippen LogP contribution in [-0.4, -0.2) is 45.1 Å². The molecular formula is C20H26N4O3. The van der Waals surface area contributed by atoms with E-state index in [2.05, 4.69) is 17.3 Å². The molecule has 7 nitrogen and oxygen atoms in total. The first kappa shape index (κ1) is 17.8. The van der Waals surface area contributed by atoms with Crippen molar-refractivity contribution in [3.8, 4) is 0 Å². The average Bonchev–Trinajstić information content (AvgIpc) is 3.48. The second-order valence-electron chi connectivity index (χ2n) is 7.56. The molecule has 27 heavy (non-hydrogen) atoms. The Morgan fingerprint density at radius 1 is 1.41 bits per heavy atom. The molecular weight excluding hydrogens is 344 g/mol. The second-order valence-corrected chi connectivity index (χ2v) is 7.56. The quantitative estimate of drug-likeness (QED) is 0.759. The molecule has 0 spiro atoms. The van der Waals surface area contributed by atoms with Crippen LogP contribution in [-0.2, 0) is 11.3 Å². The van der Waals surface area contributed by atoms with Crippen LogP contribution >= 0.6 is 0 Å². The monoisotopic (exact) mass is 370 g/mol. The summed E-state index contributed by atoms with van der Waals surface area (Å²) in [6, 6.07) is 3.71. The maximum Gasteiger partial charge on any atom is 0.257 e. The van der Waals surface area contributed by atoms with Gasteiger partial charge in [-0.25, -0.2) is 0 Å². The van der Waals surface area contributed by atoms with Crippen molar-refractivity contribution in [2.24, 2.45) is 5.41 Å². The van der Waals surface area contributed by atoms with Crippen molar-refractivity contribution >= 4 is 11.8 Å². The highest BCUT2D eigenvalue weighted by Crippen LogP contribution is 2.52. The van der Waals surface area contributed by atoms with Gasteiger partial charge in [0.1, 0.15) is 6.26 Å². The molecule has 2 aliphatic heterocycles. The predicted octanol–water partition coefficient (Wildman–Crippen LogP) is 2.46. The Morgan fingerprint density at radius 3 is 3.00 bits per heavy atom. The molecule has 0 saturated carbocycles. The SMILES string of the molecule is CC[C@@]1(C(=O)NCCCn2cccn2)C[C@@H]2CC[C@H]1N2C(=O)c1ccoc1. The van der Waals surface area contributed by atoms with E-state index in [-0.39, 0.29) is 23.9 Å². The number of hydrogen-bond acceptors (Lipinski definition) is 4. The molecule has 7 heteroatoms. The van der Waals surface area contributed by atoms with Crippen LogP contribution in [0.3, 0.4) is 0 Å². The molecule has 4 rings (SSSR count). The lowest BCUT2D eigenvalue weighted by Crippen LogP contribution is -2.49. The predicted molar refractivity (Wildman–Crippen MR) is 98.9 cm³/mol. The minimum atomic E-state index is -0.478. The van der Waals surface area contributed by atoms with E-state index < -0.39 is 5.41 Å². The first-order chi connectivity index (χ1) is 13.2. The number of aromatic nitrogens is 2. The van der Waals surface area contributed by atoms with Crippen LogP contribution in [0.2, 0.25) is 0 Å². The summed E-state index contributed by atoms with van der Waals surface area (Å²) < 4.78 is 6.94. The third-order valence-electron chi connectivity index (χ3n) is 6.23. The summed E-state index contributed by atoms with van der Waals surface area (Å²) in [5.41, 5.74) is 0.0898. The molecule has 2 bridgehead atoms. The zero-order valence-corrected chi connectivity index (χ0v) is 15.6. The Balaban J connectivity index is 1.41. The summed E-state index contributed by atoms with van der Waals surface area (Å²) in [6.07, 6.45) is 10.9. The number of nitrogens with zero attached hydrogens (tertiary/aromatic N) is 3. The lowest BCUT2D eigenvalue weighted by atomic mass is 9.71. The van der Waals surface area contributed by atoms with Crippen molar-refractivity contribution in [2.45, 2.75) is 57.7 Å². The minimum Gasteiger partial charge on any atom is -0.472 e. The molecule has 3 atom stereocenters. The zero-order valence-electron chi connectivity index (χ0n) is 15.6. The molecule has 2 saturated heterocycles. The van der Waals surface area contributed by atoms with Crippen LogP contribution in [0.4, 0.5) is 0 Å². The number of fused-ring (bicyclic) bond motifs is 2. The van der Waals surface area contributed by atoms with E-state index in [0.29, 0.717) is 12.1 Å². The highest BCUT2D eigenvalue weighted by Gasteiger charge is 2.60. The van der Waals surface area contributed by atoms with Gasteiger partial charge in [-0.15, -0.1) is 0 Å². The summed E-state index contributed by atoms with van der Waals surface area (Å²) in [6.45, 7) is 3.46. The van der Waals surface area contributed by atoms with Gasteiger partial charge in [0.15, 0.2) is 0 Å². The molecule has 4 heterocycles. The fraction of sp³-hybridized carbons (Fsp3) is 0.550. The van der Waals surface area contributed by atoms with Gasteiger partial charge < -0.3 is 14.6 Å². The Hall–Kier alpha value is -2.57. The summed E-state index contributed by atoms with van der Waals surface area (Å²) in [7, 11) is 0. The summed E-state index contributed by atoms with van der Waals surface area (Å²) in [5.74, 6) is 0.0701. The van der Waals surface area contributed by atoms with Gasteiger partial charge in [-0.1, -0.05) is 6.92 Å². The number of amides is 2. The average molecular weight is 370 g/mol. The van der Waals surface area contributed by atoms with Gasteiger partial charge in [0.25, 0.3) is 5.91 Å². The van der Waals surface area contributed by atoms with E-state index in [1.807, 2.05) is 21.8 Å². The van der Waals surface area contributed by atoms with Gasteiger partial charge >= 0.3 is 0 Å². The minimum absolute atomic E-state index is 0.0157. The number of furan rings is 1. The second kappa shape index (κ2) is 7.21. The standard InChI is InChI=1S/C20H26N4O3/c1-2-20(19(26)21-8-3-10-23-11-4-9-22-23)13-16-5-6-17(20)24(16)18(25)15-7-12-27-14-15/h4,7,9,11-12,14,16-17H,2-3,5-6,8,10,13H2,1H3,(H,21,26)/t16-,17+,20+/m0/s1. The van der Waals surface area contributed by atoms with Crippen molar-refractivity contribution < 1.29 is 14.0 Å². The smallest absolute Gasteiger partial charge is 0.257 e. The lowest BCUT2D eigenvalue weighted by Gasteiger charge is -2.35. The van der Waals surface area contributed by atoms with Gasteiger partial charge in [0.2, 0.25) is 5.91 Å². The summed E-state index contributed by atoms with van der Waals surface area (Å²) >= 11 is 0. The van der Waals surface area contributed by atoms with Gasteiger partial charge in [-0.05, 0) is 44.2 Å². The fourth-order valence-electron chi connectivity index (χ4n) is 4.86. The topological polar surface area (TPSA) is 80.4 Å². The summed E-state index contributed by atoms with van der Waals surface area (Å²) in [4.78, 5) is 28.0. The van der Waals surface area contributed by atoms with Crippen molar-refractivity contribution in [1.82, 2.24) is 20.0 Å². The Labute approximate surface area is 158 Å². The van der Waals surface area contributed by atoms with Crippen LogP contribution in [0.15, 0.2) is 41.5 Å². The number of rotatable bonds is 7. The summed E-state index contributed by atoms with van der Waals surface area (Å²) in [5, 5.41) is 7.30. The highest BCUT2D eigenvalue weighted by molar-refractivity contribution is 5.96. The number of aryl methyl sites for hydroxylation is 1. The maximum absolute atomic E-state index is 13.1. The third-order valence-corrected chi connectivity index (χ3v) is 6.23. The molecule has 0 unspecified atom stereocenters. The molecule has 144 valence electrons. The number of hydrogen-bond donors (Lipinski definition) is 1. The zero-order chi connectivity index (χ0) is 18.9. The van der Waals surface area contributed by atoms with Gasteiger partial charge in [-0.2, -0.15) is 5.10 Å². The van der Waals surface area contributed by atoms with Crippen LogP contribution in [0.1, 0.15) is 49.4 Å². The van der Waals surface area contributed by atoms with Crippen molar-refractivity contribution in [2.75, 3.05) is 6.54 Å². The van der Waals surface area contributed by atoms with Crippen LogP contribution in [0, 0.1) is 5.41 Å². The molecule has 2 fully saturated rings. The highest BCUT2D eigenvalue weighted by atomic mass is 16.3. The van der Waals surface area contributed by atoms with E-state index in [4.69, 9.17) is 4.42 Å². The van der Waals surface area contributed by atoms with Gasteiger partial charge in [0, 0.05) is 37.6 Å². The Kier molecular flexibility index (Phi) is 4.76. The molecule has 1 N–H and O–H groups in total. The third kappa shape index (κ3) is 3.05. The molecule has 2 aromatic rings. The first-order valence-electron chi connectivity index (χ1n) is 9.76. The van der Waals surface area contributed by atoms with Gasteiger partial charge in [-0.3, -0.25) is 14.3 Å². The molecule has 0 radical (unpaired) electrons.